The number of rotatable bonds is 4. The van der Waals surface area contributed by atoms with Crippen LogP contribution < -0.4 is 4.80 Å². The highest BCUT2D eigenvalue weighted by atomic mass is 32.2. The first-order valence-corrected chi connectivity index (χ1v) is 10.9. The summed E-state index contributed by atoms with van der Waals surface area (Å²) in [7, 11) is -3.76. The molecule has 138 valence electrons. The van der Waals surface area contributed by atoms with Crippen molar-refractivity contribution in [3.8, 4) is 11.3 Å². The second-order valence-corrected chi connectivity index (χ2v) is 8.50. The summed E-state index contributed by atoms with van der Waals surface area (Å²) in [5.74, 6) is 0.800. The first-order valence-electron chi connectivity index (χ1n) is 8.54. The van der Waals surface area contributed by atoms with Gasteiger partial charge in [0, 0.05) is 22.9 Å². The van der Waals surface area contributed by atoms with E-state index in [1.165, 1.54) is 11.3 Å². The van der Waals surface area contributed by atoms with Crippen LogP contribution in [-0.4, -0.2) is 13.0 Å². The minimum Gasteiger partial charge on any atom is -0.461 e. The van der Waals surface area contributed by atoms with Gasteiger partial charge >= 0.3 is 0 Å². The van der Waals surface area contributed by atoms with Crippen LogP contribution in [0.1, 0.15) is 12.7 Å². The molecular formula is C20H18N2O3S2. The molecule has 2 heterocycles. The van der Waals surface area contributed by atoms with E-state index in [2.05, 4.69) is 4.40 Å². The van der Waals surface area contributed by atoms with Crippen LogP contribution in [0.4, 0.5) is 0 Å². The predicted octanol–water partition coefficient (Wildman–Crippen LogP) is 4.58. The zero-order valence-electron chi connectivity index (χ0n) is 14.9. The van der Waals surface area contributed by atoms with Gasteiger partial charge in [0.15, 0.2) is 0 Å². The average Bonchev–Trinajstić information content (AvgIpc) is 3.21. The number of aromatic nitrogens is 1. The van der Waals surface area contributed by atoms with Crippen LogP contribution in [0.3, 0.4) is 0 Å². The van der Waals surface area contributed by atoms with Crippen molar-refractivity contribution < 1.29 is 12.8 Å². The zero-order valence-corrected chi connectivity index (χ0v) is 16.5. The number of furan rings is 1. The Balaban J connectivity index is 1.92. The molecule has 27 heavy (non-hydrogen) atoms. The summed E-state index contributed by atoms with van der Waals surface area (Å²) >= 11 is 1.31. The van der Waals surface area contributed by atoms with Gasteiger partial charge in [0.2, 0.25) is 4.80 Å². The Morgan fingerprint density at radius 2 is 1.78 bits per heavy atom. The van der Waals surface area contributed by atoms with Gasteiger partial charge in [-0.1, -0.05) is 36.4 Å². The third kappa shape index (κ3) is 3.13. The van der Waals surface area contributed by atoms with E-state index >= 15 is 0 Å². The number of aryl methyl sites for hydroxylation is 1. The quantitative estimate of drug-likeness (QED) is 0.505. The van der Waals surface area contributed by atoms with Crippen LogP contribution in [0.2, 0.25) is 0 Å². The lowest BCUT2D eigenvalue weighted by Crippen LogP contribution is -2.17. The number of hydrogen-bond donors (Lipinski definition) is 0. The van der Waals surface area contributed by atoms with Crippen LogP contribution >= 0.6 is 11.3 Å². The monoisotopic (exact) mass is 398 g/mol. The van der Waals surface area contributed by atoms with Gasteiger partial charge in [-0.15, -0.1) is 15.7 Å². The molecule has 0 N–H and O–H groups in total. The van der Waals surface area contributed by atoms with Crippen LogP contribution in [0.15, 0.2) is 73.7 Å². The molecule has 0 amide bonds. The average molecular weight is 399 g/mol. The van der Waals surface area contributed by atoms with Crippen LogP contribution in [0, 0.1) is 6.92 Å². The molecule has 0 bridgehead atoms. The largest absolute Gasteiger partial charge is 0.461 e. The van der Waals surface area contributed by atoms with Gasteiger partial charge in [0.1, 0.15) is 11.3 Å². The fraction of sp³-hybridized carbons (Fsp3) is 0.150. The summed E-state index contributed by atoms with van der Waals surface area (Å²) in [5, 5.41) is 2.94. The predicted molar refractivity (Wildman–Crippen MR) is 107 cm³/mol. The number of thiazole rings is 1. The molecule has 0 aliphatic heterocycles. The molecule has 0 aliphatic rings. The Hall–Kier alpha value is -2.64. The van der Waals surface area contributed by atoms with Crippen LogP contribution in [0.5, 0.6) is 0 Å². The summed E-state index contributed by atoms with van der Waals surface area (Å²) in [4.78, 5) is 0.633. The minimum atomic E-state index is -3.76. The Kier molecular flexibility index (Phi) is 4.49. The highest BCUT2D eigenvalue weighted by Crippen LogP contribution is 2.34. The molecule has 4 rings (SSSR count). The van der Waals surface area contributed by atoms with E-state index in [1.807, 2.05) is 48.1 Å². The van der Waals surface area contributed by atoms with Gasteiger partial charge in [-0.3, -0.25) is 0 Å². The van der Waals surface area contributed by atoms with Gasteiger partial charge in [-0.05, 0) is 32.0 Å². The van der Waals surface area contributed by atoms with E-state index in [1.54, 1.807) is 30.3 Å². The van der Waals surface area contributed by atoms with Crippen molar-refractivity contribution in [1.82, 2.24) is 4.57 Å². The third-order valence-electron chi connectivity index (χ3n) is 4.38. The van der Waals surface area contributed by atoms with Crippen molar-refractivity contribution in [3.63, 3.8) is 0 Å². The fourth-order valence-corrected chi connectivity index (χ4v) is 5.34. The number of fused-ring (bicyclic) bond motifs is 1. The number of nitrogens with zero attached hydrogens (tertiary/aromatic N) is 2. The lowest BCUT2D eigenvalue weighted by Gasteiger charge is -2.06. The zero-order chi connectivity index (χ0) is 19.0. The van der Waals surface area contributed by atoms with E-state index in [4.69, 9.17) is 4.42 Å². The van der Waals surface area contributed by atoms with E-state index in [9.17, 15) is 8.42 Å². The molecule has 0 radical (unpaired) electrons. The summed E-state index contributed by atoms with van der Waals surface area (Å²) < 4.78 is 37.2. The Bertz CT molecular complexity index is 1280. The van der Waals surface area contributed by atoms with Crippen molar-refractivity contribution in [1.29, 1.82) is 0 Å². The Morgan fingerprint density at radius 3 is 2.52 bits per heavy atom. The maximum absolute atomic E-state index is 12.7. The molecule has 0 saturated heterocycles. The van der Waals surface area contributed by atoms with Crippen molar-refractivity contribution in [2.24, 2.45) is 4.40 Å². The first-order chi connectivity index (χ1) is 13.0. The summed E-state index contributed by atoms with van der Waals surface area (Å²) in [5.41, 5.74) is 2.70. The Morgan fingerprint density at radius 1 is 1.07 bits per heavy atom. The molecular weight excluding hydrogens is 380 g/mol. The molecule has 0 atom stereocenters. The van der Waals surface area contributed by atoms with Gasteiger partial charge < -0.3 is 8.98 Å². The SMILES string of the molecule is CCn1c(-c2c(C)oc3ccccc23)cs/c1=N/S(=O)(=O)c1ccccc1. The topological polar surface area (TPSA) is 64.6 Å². The highest BCUT2D eigenvalue weighted by Gasteiger charge is 2.18. The van der Waals surface area contributed by atoms with Crippen molar-refractivity contribution in [3.05, 3.63) is 70.5 Å². The van der Waals surface area contributed by atoms with E-state index < -0.39 is 10.0 Å². The smallest absolute Gasteiger partial charge is 0.285 e. The van der Waals surface area contributed by atoms with Crippen LogP contribution in [0.25, 0.3) is 22.2 Å². The molecule has 0 unspecified atom stereocenters. The summed E-state index contributed by atoms with van der Waals surface area (Å²) in [6.45, 7) is 4.49. The van der Waals surface area contributed by atoms with Gasteiger partial charge in [-0.2, -0.15) is 8.42 Å². The molecule has 2 aromatic heterocycles. The third-order valence-corrected chi connectivity index (χ3v) is 6.64. The van der Waals surface area contributed by atoms with E-state index in [0.717, 1.165) is 28.0 Å². The molecule has 2 aromatic carbocycles. The molecule has 0 spiro atoms. The van der Waals surface area contributed by atoms with Crippen molar-refractivity contribution >= 4 is 32.3 Å². The van der Waals surface area contributed by atoms with Crippen molar-refractivity contribution in [2.75, 3.05) is 0 Å². The lowest BCUT2D eigenvalue weighted by atomic mass is 10.1. The molecule has 4 aromatic rings. The van der Waals surface area contributed by atoms with Gasteiger partial charge in [-0.25, -0.2) is 0 Å². The van der Waals surface area contributed by atoms with E-state index in [-0.39, 0.29) is 4.90 Å². The van der Waals surface area contributed by atoms with E-state index in [0.29, 0.717) is 11.3 Å². The first kappa shape index (κ1) is 17.8. The fourth-order valence-electron chi connectivity index (χ4n) is 3.14. The molecule has 0 aliphatic carbocycles. The van der Waals surface area contributed by atoms with Gasteiger partial charge in [0.05, 0.1) is 10.6 Å². The standard InChI is InChI=1S/C20H18N2O3S2/c1-3-22-17(19-14(2)25-18-12-8-7-11-16(18)19)13-26-20(22)21-27(23,24)15-9-5-4-6-10-15/h4-13H,3H2,1-2H3/b21-20+. The lowest BCUT2D eigenvalue weighted by molar-refractivity contribution is 0.579. The number of hydrogen-bond acceptors (Lipinski definition) is 4. The second-order valence-electron chi connectivity index (χ2n) is 6.06. The molecule has 0 fully saturated rings. The molecule has 0 saturated carbocycles. The second kappa shape index (κ2) is 6.83. The number of sulfonamides is 1. The highest BCUT2D eigenvalue weighted by molar-refractivity contribution is 7.90. The maximum atomic E-state index is 12.7. The van der Waals surface area contributed by atoms with Crippen LogP contribution in [-0.2, 0) is 16.6 Å². The molecule has 7 heteroatoms. The normalized spacial score (nSPS) is 12.7. The Labute approximate surface area is 161 Å². The maximum Gasteiger partial charge on any atom is 0.285 e. The minimum absolute atomic E-state index is 0.188. The summed E-state index contributed by atoms with van der Waals surface area (Å²) in [6.07, 6.45) is 0. The summed E-state index contributed by atoms with van der Waals surface area (Å²) in [6, 6.07) is 16.1. The molecule has 5 nitrogen and oxygen atoms in total. The van der Waals surface area contributed by atoms with Gasteiger partial charge in [0.25, 0.3) is 10.0 Å². The van der Waals surface area contributed by atoms with Crippen molar-refractivity contribution in [2.45, 2.75) is 25.3 Å². The number of benzene rings is 2. The number of para-hydroxylation sites is 1.